The Hall–Kier alpha value is -1.26. The van der Waals surface area contributed by atoms with Crippen molar-refractivity contribution in [2.45, 2.75) is 20.8 Å². The number of carbonyl (C=O) groups excluding carboxylic acids is 2. The van der Waals surface area contributed by atoms with Crippen molar-refractivity contribution >= 4 is 42.0 Å². The predicted octanol–water partition coefficient (Wildman–Crippen LogP) is 1.15. The first-order chi connectivity index (χ1) is 11.0. The molecule has 0 aromatic heterocycles. The van der Waals surface area contributed by atoms with Crippen LogP contribution in [0.25, 0.3) is 0 Å². The topological polar surface area (TPSA) is 83.5 Å². The molecule has 0 aromatic carbocycles. The monoisotopic (exact) mass is 456 g/mol. The largest absolute Gasteiger partial charge is 0.469 e. The number of aliphatic imine (C=N–C) groups is 1. The second-order valence-electron chi connectivity index (χ2n) is 5.29. The Labute approximate surface area is 161 Å². The molecule has 24 heavy (non-hydrogen) atoms. The first kappa shape index (κ1) is 22.7. The lowest BCUT2D eigenvalue weighted by atomic mass is 10.2. The van der Waals surface area contributed by atoms with Crippen molar-refractivity contribution in [1.29, 1.82) is 0 Å². The summed E-state index contributed by atoms with van der Waals surface area (Å²) < 4.78 is 9.73. The molecule has 0 bridgehead atoms. The Morgan fingerprint density at radius 1 is 1.17 bits per heavy atom. The number of rotatable bonds is 5. The van der Waals surface area contributed by atoms with Crippen LogP contribution in [0.4, 0.5) is 4.79 Å². The molecule has 1 unspecified atom stereocenters. The molecule has 0 aliphatic carbocycles. The zero-order valence-electron chi connectivity index (χ0n) is 14.9. The second-order valence-corrected chi connectivity index (χ2v) is 5.29. The summed E-state index contributed by atoms with van der Waals surface area (Å²) >= 11 is 0. The molecular weight excluding hydrogens is 427 g/mol. The van der Waals surface area contributed by atoms with Crippen LogP contribution in [0.2, 0.25) is 0 Å². The first-order valence-corrected chi connectivity index (χ1v) is 8.06. The lowest BCUT2D eigenvalue weighted by Crippen LogP contribution is -2.54. The van der Waals surface area contributed by atoms with Gasteiger partial charge in [0, 0.05) is 32.7 Å². The number of guanidine groups is 1. The van der Waals surface area contributed by atoms with Crippen LogP contribution in [-0.2, 0) is 14.3 Å². The molecule has 0 saturated carbocycles. The number of ether oxygens (including phenoxy) is 2. The van der Waals surface area contributed by atoms with Gasteiger partial charge in [0.05, 0.1) is 26.2 Å². The number of nitrogens with zero attached hydrogens (tertiary/aromatic N) is 3. The molecule has 1 amide bonds. The predicted molar refractivity (Wildman–Crippen MR) is 103 cm³/mol. The van der Waals surface area contributed by atoms with Gasteiger partial charge in [-0.1, -0.05) is 6.92 Å². The molecule has 1 heterocycles. The van der Waals surface area contributed by atoms with Gasteiger partial charge in [-0.05, 0) is 13.8 Å². The molecule has 1 rings (SSSR count). The molecule has 1 aliphatic heterocycles. The van der Waals surface area contributed by atoms with E-state index in [1.54, 1.807) is 18.7 Å². The Kier molecular flexibility index (Phi) is 11.5. The van der Waals surface area contributed by atoms with Crippen molar-refractivity contribution in [3.8, 4) is 0 Å². The molecule has 1 N–H and O–H groups in total. The second kappa shape index (κ2) is 12.2. The third kappa shape index (κ3) is 7.10. The van der Waals surface area contributed by atoms with Crippen LogP contribution < -0.4 is 5.32 Å². The highest BCUT2D eigenvalue weighted by molar-refractivity contribution is 14.0. The molecule has 0 radical (unpaired) electrons. The summed E-state index contributed by atoms with van der Waals surface area (Å²) in [5.74, 6) is 0.206. The van der Waals surface area contributed by atoms with Crippen molar-refractivity contribution < 1.29 is 19.1 Å². The van der Waals surface area contributed by atoms with Gasteiger partial charge in [0.25, 0.3) is 0 Å². The van der Waals surface area contributed by atoms with Gasteiger partial charge in [-0.25, -0.2) is 4.79 Å². The Morgan fingerprint density at radius 2 is 1.75 bits per heavy atom. The first-order valence-electron chi connectivity index (χ1n) is 8.06. The molecule has 1 fully saturated rings. The van der Waals surface area contributed by atoms with Gasteiger partial charge < -0.3 is 24.6 Å². The van der Waals surface area contributed by atoms with Crippen molar-refractivity contribution in [2.75, 3.05) is 53.0 Å². The van der Waals surface area contributed by atoms with E-state index in [0.29, 0.717) is 39.3 Å². The van der Waals surface area contributed by atoms with Crippen LogP contribution in [0.5, 0.6) is 0 Å². The Balaban J connectivity index is 0.00000529. The Bertz CT molecular complexity index is 426. The van der Waals surface area contributed by atoms with E-state index in [-0.39, 0.29) is 42.0 Å². The van der Waals surface area contributed by atoms with E-state index in [1.807, 2.05) is 6.92 Å². The van der Waals surface area contributed by atoms with Gasteiger partial charge in [0.2, 0.25) is 0 Å². The summed E-state index contributed by atoms with van der Waals surface area (Å²) in [6, 6.07) is 0. The van der Waals surface area contributed by atoms with Gasteiger partial charge in [0.1, 0.15) is 0 Å². The molecule has 1 atom stereocenters. The summed E-state index contributed by atoms with van der Waals surface area (Å²) in [5, 5.41) is 3.22. The van der Waals surface area contributed by atoms with Crippen LogP contribution >= 0.6 is 24.0 Å². The number of methoxy groups -OCH3 is 1. The van der Waals surface area contributed by atoms with Crippen LogP contribution in [0.15, 0.2) is 4.99 Å². The SMILES string of the molecule is CCNC(=NCC(C)C(=O)OC)N1CCN(C(=O)OCC)CC1.I. The van der Waals surface area contributed by atoms with Crippen molar-refractivity contribution in [1.82, 2.24) is 15.1 Å². The summed E-state index contributed by atoms with van der Waals surface area (Å²) in [5.41, 5.74) is 0. The van der Waals surface area contributed by atoms with E-state index in [0.717, 1.165) is 12.5 Å². The number of amides is 1. The standard InChI is InChI=1S/C15H28N4O4.HI/c1-5-16-14(17-11-12(3)13(20)22-4)18-7-9-19(10-8-18)15(21)23-6-2;/h12H,5-11H2,1-4H3,(H,16,17);1H. The number of piperazine rings is 1. The fourth-order valence-electron chi connectivity index (χ4n) is 2.24. The molecule has 9 heteroatoms. The van der Waals surface area contributed by atoms with Crippen molar-refractivity contribution in [3.05, 3.63) is 0 Å². The maximum atomic E-state index is 11.7. The number of hydrogen-bond donors (Lipinski definition) is 1. The van der Waals surface area contributed by atoms with Crippen LogP contribution in [0.1, 0.15) is 20.8 Å². The van der Waals surface area contributed by atoms with Crippen LogP contribution in [0, 0.1) is 5.92 Å². The number of hydrogen-bond acceptors (Lipinski definition) is 5. The lowest BCUT2D eigenvalue weighted by Gasteiger charge is -2.36. The Morgan fingerprint density at radius 3 is 2.25 bits per heavy atom. The highest BCUT2D eigenvalue weighted by Crippen LogP contribution is 2.06. The minimum absolute atomic E-state index is 0. The molecular formula is C15H29IN4O4. The fourth-order valence-corrected chi connectivity index (χ4v) is 2.24. The fraction of sp³-hybridized carbons (Fsp3) is 0.800. The van der Waals surface area contributed by atoms with Gasteiger partial charge >= 0.3 is 12.1 Å². The van der Waals surface area contributed by atoms with Gasteiger partial charge in [-0.3, -0.25) is 9.79 Å². The molecule has 0 aromatic rings. The van der Waals surface area contributed by atoms with E-state index >= 15 is 0 Å². The molecule has 0 spiro atoms. The quantitative estimate of drug-likeness (QED) is 0.289. The zero-order chi connectivity index (χ0) is 17.2. The third-order valence-electron chi connectivity index (χ3n) is 3.56. The highest BCUT2D eigenvalue weighted by atomic mass is 127. The highest BCUT2D eigenvalue weighted by Gasteiger charge is 2.24. The maximum Gasteiger partial charge on any atom is 0.409 e. The van der Waals surface area contributed by atoms with Crippen molar-refractivity contribution in [3.63, 3.8) is 0 Å². The average molecular weight is 456 g/mol. The van der Waals surface area contributed by atoms with Gasteiger partial charge in [-0.2, -0.15) is 0 Å². The van der Waals surface area contributed by atoms with Gasteiger partial charge in [-0.15, -0.1) is 24.0 Å². The summed E-state index contributed by atoms with van der Waals surface area (Å²) in [7, 11) is 1.38. The normalized spacial score (nSPS) is 16.1. The average Bonchev–Trinajstić information content (AvgIpc) is 2.57. The number of nitrogens with one attached hydrogen (secondary N) is 1. The van der Waals surface area contributed by atoms with Gasteiger partial charge in [0.15, 0.2) is 5.96 Å². The number of esters is 1. The van der Waals surface area contributed by atoms with Crippen LogP contribution in [0.3, 0.4) is 0 Å². The van der Waals surface area contributed by atoms with E-state index in [2.05, 4.69) is 15.2 Å². The minimum Gasteiger partial charge on any atom is -0.469 e. The maximum absolute atomic E-state index is 11.7. The van der Waals surface area contributed by atoms with Crippen LogP contribution in [-0.4, -0.2) is 80.8 Å². The summed E-state index contributed by atoms with van der Waals surface area (Å²) in [4.78, 5) is 31.5. The molecule has 140 valence electrons. The number of carbonyl (C=O) groups is 2. The molecule has 8 nitrogen and oxygen atoms in total. The number of halogens is 1. The smallest absolute Gasteiger partial charge is 0.409 e. The van der Waals surface area contributed by atoms with E-state index in [1.165, 1.54) is 7.11 Å². The summed E-state index contributed by atoms with van der Waals surface area (Å²) in [6.07, 6.45) is -0.270. The third-order valence-corrected chi connectivity index (χ3v) is 3.56. The summed E-state index contributed by atoms with van der Waals surface area (Å²) in [6.45, 7) is 9.61. The lowest BCUT2D eigenvalue weighted by molar-refractivity contribution is -0.144. The molecule has 1 aliphatic rings. The zero-order valence-corrected chi connectivity index (χ0v) is 17.2. The molecule has 1 saturated heterocycles. The van der Waals surface area contributed by atoms with Crippen molar-refractivity contribution in [2.24, 2.45) is 10.9 Å². The minimum atomic E-state index is -0.283. The van der Waals surface area contributed by atoms with E-state index in [9.17, 15) is 9.59 Å². The van der Waals surface area contributed by atoms with E-state index in [4.69, 9.17) is 9.47 Å². The van der Waals surface area contributed by atoms with E-state index < -0.39 is 0 Å².